The van der Waals surface area contributed by atoms with E-state index in [0.717, 1.165) is 16.2 Å². The number of rotatable bonds is 6. The van der Waals surface area contributed by atoms with Crippen LogP contribution in [0.5, 0.6) is 5.75 Å². The molecule has 22 heavy (non-hydrogen) atoms. The van der Waals surface area contributed by atoms with Gasteiger partial charge in [-0.05, 0) is 55.8 Å². The summed E-state index contributed by atoms with van der Waals surface area (Å²) in [5.74, 6) is 0.369. The second-order valence-electron chi connectivity index (χ2n) is 4.72. The third-order valence-corrected chi connectivity index (χ3v) is 3.91. The minimum atomic E-state index is -0.426. The first-order valence-corrected chi connectivity index (χ1v) is 7.98. The van der Waals surface area contributed by atoms with E-state index in [4.69, 9.17) is 4.74 Å². The quantitative estimate of drug-likeness (QED) is 0.808. The van der Waals surface area contributed by atoms with Gasteiger partial charge in [-0.15, -0.1) is 11.8 Å². The van der Waals surface area contributed by atoms with Crippen LogP contribution in [0.3, 0.4) is 0 Å². The van der Waals surface area contributed by atoms with E-state index in [2.05, 4.69) is 5.32 Å². The summed E-state index contributed by atoms with van der Waals surface area (Å²) >= 11 is 1.39. The van der Waals surface area contributed by atoms with Gasteiger partial charge in [0.25, 0.3) is 0 Å². The van der Waals surface area contributed by atoms with Gasteiger partial charge in [-0.25, -0.2) is 4.39 Å². The Kier molecular flexibility index (Phi) is 5.83. The lowest BCUT2D eigenvalue weighted by Crippen LogP contribution is -2.15. The van der Waals surface area contributed by atoms with Crippen molar-refractivity contribution in [3.05, 3.63) is 53.8 Å². The molecule has 116 valence electrons. The van der Waals surface area contributed by atoms with E-state index in [1.807, 2.05) is 38.1 Å². The van der Waals surface area contributed by atoms with Crippen molar-refractivity contribution in [2.24, 2.45) is 0 Å². The van der Waals surface area contributed by atoms with Crippen LogP contribution in [0.4, 0.5) is 10.1 Å². The monoisotopic (exact) mass is 319 g/mol. The topological polar surface area (TPSA) is 38.3 Å². The van der Waals surface area contributed by atoms with Crippen molar-refractivity contribution in [3.8, 4) is 5.75 Å². The van der Waals surface area contributed by atoms with Crippen LogP contribution in [0, 0.1) is 12.7 Å². The number of halogens is 1. The van der Waals surface area contributed by atoms with Crippen molar-refractivity contribution in [2.75, 3.05) is 17.7 Å². The Balaban J connectivity index is 1.88. The summed E-state index contributed by atoms with van der Waals surface area (Å²) in [6.45, 7) is 4.40. The predicted molar refractivity (Wildman–Crippen MR) is 88.1 cm³/mol. The van der Waals surface area contributed by atoms with E-state index in [0.29, 0.717) is 6.61 Å². The summed E-state index contributed by atoms with van der Waals surface area (Å²) in [5, 5.41) is 2.59. The number of benzene rings is 2. The van der Waals surface area contributed by atoms with Crippen LogP contribution < -0.4 is 10.1 Å². The Hall–Kier alpha value is -2.01. The maximum absolute atomic E-state index is 13.6. The van der Waals surface area contributed by atoms with Crippen LogP contribution >= 0.6 is 11.8 Å². The summed E-state index contributed by atoms with van der Waals surface area (Å²) < 4.78 is 18.9. The molecule has 0 spiro atoms. The fourth-order valence-corrected chi connectivity index (χ4v) is 2.57. The molecule has 0 saturated carbocycles. The highest BCUT2D eigenvalue weighted by molar-refractivity contribution is 8.00. The highest BCUT2D eigenvalue weighted by atomic mass is 32.2. The number of carbonyl (C=O) groups is 1. The predicted octanol–water partition coefficient (Wildman–Crippen LogP) is 4.26. The highest BCUT2D eigenvalue weighted by Gasteiger charge is 2.08. The Labute approximate surface area is 133 Å². The summed E-state index contributed by atoms with van der Waals surface area (Å²) in [6, 6.07) is 12.2. The van der Waals surface area contributed by atoms with Crippen LogP contribution in [0.1, 0.15) is 12.5 Å². The minimum Gasteiger partial charge on any atom is -0.494 e. The molecule has 2 aromatic carbocycles. The Morgan fingerprint density at radius 3 is 2.64 bits per heavy atom. The van der Waals surface area contributed by atoms with E-state index in [-0.39, 0.29) is 17.3 Å². The van der Waals surface area contributed by atoms with Gasteiger partial charge in [0.05, 0.1) is 18.0 Å². The molecule has 0 aromatic heterocycles. The van der Waals surface area contributed by atoms with Crippen LogP contribution in [0.2, 0.25) is 0 Å². The van der Waals surface area contributed by atoms with Crippen molar-refractivity contribution >= 4 is 23.4 Å². The maximum Gasteiger partial charge on any atom is 0.234 e. The molecule has 0 unspecified atom stereocenters. The van der Waals surface area contributed by atoms with Gasteiger partial charge >= 0.3 is 0 Å². The van der Waals surface area contributed by atoms with Crippen molar-refractivity contribution in [2.45, 2.75) is 18.7 Å². The van der Waals surface area contributed by atoms with Gasteiger partial charge < -0.3 is 10.1 Å². The van der Waals surface area contributed by atoms with Crippen LogP contribution in [0.15, 0.2) is 47.4 Å². The molecule has 2 rings (SSSR count). The molecular formula is C17H18FNO2S. The van der Waals surface area contributed by atoms with E-state index in [1.165, 1.54) is 17.8 Å². The van der Waals surface area contributed by atoms with Crippen LogP contribution in [-0.4, -0.2) is 18.3 Å². The Bertz CT molecular complexity index is 644. The highest BCUT2D eigenvalue weighted by Crippen LogP contribution is 2.22. The molecule has 1 amide bonds. The lowest BCUT2D eigenvalue weighted by molar-refractivity contribution is -0.113. The van der Waals surface area contributed by atoms with Crippen molar-refractivity contribution in [1.82, 2.24) is 0 Å². The summed E-state index contributed by atoms with van der Waals surface area (Å²) in [4.78, 5) is 12.9. The largest absolute Gasteiger partial charge is 0.494 e. The van der Waals surface area contributed by atoms with Gasteiger partial charge in [0, 0.05) is 4.90 Å². The molecule has 0 atom stereocenters. The average Bonchev–Trinajstić information content (AvgIpc) is 2.51. The molecule has 0 radical (unpaired) electrons. The Morgan fingerprint density at radius 1 is 1.23 bits per heavy atom. The van der Waals surface area contributed by atoms with Crippen molar-refractivity contribution in [3.63, 3.8) is 0 Å². The third-order valence-electron chi connectivity index (χ3n) is 2.90. The van der Waals surface area contributed by atoms with Crippen molar-refractivity contribution < 1.29 is 13.9 Å². The molecule has 1 N–H and O–H groups in total. The number of hydrogen-bond acceptors (Lipinski definition) is 3. The normalized spacial score (nSPS) is 10.3. The fraction of sp³-hybridized carbons (Fsp3) is 0.235. The van der Waals surface area contributed by atoms with Gasteiger partial charge in [-0.1, -0.05) is 6.07 Å². The maximum atomic E-state index is 13.6. The number of aryl methyl sites for hydroxylation is 1. The number of hydrogen-bond donors (Lipinski definition) is 1. The second kappa shape index (κ2) is 7.84. The number of anilines is 1. The standard InChI is InChI=1S/C17H18FNO2S/c1-3-21-13-5-7-14(8-6-13)22-11-17(20)19-16-10-12(2)4-9-15(16)18/h4-10H,3,11H2,1-2H3,(H,19,20). The minimum absolute atomic E-state index is 0.220. The zero-order valence-corrected chi connectivity index (χ0v) is 13.4. The first kappa shape index (κ1) is 16.4. The van der Waals surface area contributed by atoms with E-state index in [1.54, 1.807) is 12.1 Å². The molecular weight excluding hydrogens is 301 g/mol. The van der Waals surface area contributed by atoms with E-state index in [9.17, 15) is 9.18 Å². The number of ether oxygens (including phenoxy) is 1. The van der Waals surface area contributed by atoms with Gasteiger partial charge in [0.2, 0.25) is 5.91 Å². The van der Waals surface area contributed by atoms with E-state index >= 15 is 0 Å². The second-order valence-corrected chi connectivity index (χ2v) is 5.77. The van der Waals surface area contributed by atoms with Crippen LogP contribution in [0.25, 0.3) is 0 Å². The molecule has 0 heterocycles. The third kappa shape index (κ3) is 4.77. The molecule has 0 bridgehead atoms. The lowest BCUT2D eigenvalue weighted by Gasteiger charge is -2.08. The molecule has 0 saturated heterocycles. The van der Waals surface area contributed by atoms with Gasteiger partial charge in [0.15, 0.2) is 0 Å². The summed E-state index contributed by atoms with van der Waals surface area (Å²) in [5.41, 5.74) is 1.12. The molecule has 2 aromatic rings. The van der Waals surface area contributed by atoms with Gasteiger partial charge in [-0.3, -0.25) is 4.79 Å². The van der Waals surface area contributed by atoms with E-state index < -0.39 is 5.82 Å². The molecule has 0 aliphatic rings. The number of amides is 1. The van der Waals surface area contributed by atoms with Gasteiger partial charge in [-0.2, -0.15) is 0 Å². The number of thioether (sulfide) groups is 1. The number of nitrogens with one attached hydrogen (secondary N) is 1. The molecule has 0 fully saturated rings. The fourth-order valence-electron chi connectivity index (χ4n) is 1.87. The summed E-state index contributed by atoms with van der Waals surface area (Å²) in [7, 11) is 0. The van der Waals surface area contributed by atoms with Crippen LogP contribution in [-0.2, 0) is 4.79 Å². The van der Waals surface area contributed by atoms with Crippen molar-refractivity contribution in [1.29, 1.82) is 0 Å². The SMILES string of the molecule is CCOc1ccc(SCC(=O)Nc2cc(C)ccc2F)cc1. The first-order valence-electron chi connectivity index (χ1n) is 7.00. The summed E-state index contributed by atoms with van der Waals surface area (Å²) in [6.07, 6.45) is 0. The first-order chi connectivity index (χ1) is 10.6. The smallest absolute Gasteiger partial charge is 0.234 e. The average molecular weight is 319 g/mol. The molecule has 3 nitrogen and oxygen atoms in total. The van der Waals surface area contributed by atoms with Gasteiger partial charge in [0.1, 0.15) is 11.6 Å². The molecule has 0 aliphatic heterocycles. The number of carbonyl (C=O) groups excluding carboxylic acids is 1. The lowest BCUT2D eigenvalue weighted by atomic mass is 10.2. The zero-order chi connectivity index (χ0) is 15.9. The molecule has 0 aliphatic carbocycles. The molecule has 5 heteroatoms. The zero-order valence-electron chi connectivity index (χ0n) is 12.6. The Morgan fingerprint density at radius 2 is 1.95 bits per heavy atom.